The average molecular weight is 276 g/mol. The van der Waals surface area contributed by atoms with Gasteiger partial charge >= 0.3 is 0 Å². The molecule has 19 heavy (non-hydrogen) atoms. The van der Waals surface area contributed by atoms with Crippen molar-refractivity contribution in [3.8, 4) is 5.75 Å². The van der Waals surface area contributed by atoms with Crippen molar-refractivity contribution in [2.75, 3.05) is 14.1 Å². The van der Waals surface area contributed by atoms with Crippen molar-refractivity contribution in [2.45, 2.75) is 13.5 Å². The summed E-state index contributed by atoms with van der Waals surface area (Å²) >= 11 is 1.39. The van der Waals surface area contributed by atoms with Crippen LogP contribution in [0.25, 0.3) is 0 Å². The molecular formula is C14H16N2O2S. The summed E-state index contributed by atoms with van der Waals surface area (Å²) in [7, 11) is 3.48. The topological polar surface area (TPSA) is 42.4 Å². The number of hydrogen-bond acceptors (Lipinski definition) is 4. The highest BCUT2D eigenvalue weighted by Gasteiger charge is 2.16. The van der Waals surface area contributed by atoms with Gasteiger partial charge in [-0.05, 0) is 19.1 Å². The highest BCUT2D eigenvalue weighted by molar-refractivity contribution is 7.13. The zero-order valence-corrected chi connectivity index (χ0v) is 12.0. The Labute approximate surface area is 116 Å². The average Bonchev–Trinajstić information content (AvgIpc) is 2.78. The summed E-state index contributed by atoms with van der Waals surface area (Å²) in [4.78, 5) is 18.5. The van der Waals surface area contributed by atoms with E-state index in [0.29, 0.717) is 11.5 Å². The molecule has 1 aromatic heterocycles. The predicted molar refractivity (Wildman–Crippen MR) is 75.6 cm³/mol. The second-order valence-electron chi connectivity index (χ2n) is 4.32. The highest BCUT2D eigenvalue weighted by Crippen LogP contribution is 2.21. The van der Waals surface area contributed by atoms with E-state index in [1.807, 2.05) is 37.3 Å². The number of carbonyl (C=O) groups excluding carboxylic acids is 1. The fourth-order valence-electron chi connectivity index (χ4n) is 1.58. The van der Waals surface area contributed by atoms with Crippen molar-refractivity contribution in [1.29, 1.82) is 0 Å². The number of aryl methyl sites for hydroxylation is 1. The lowest BCUT2D eigenvalue weighted by atomic mass is 10.3. The molecule has 2 rings (SSSR count). The third-order valence-electron chi connectivity index (χ3n) is 2.55. The summed E-state index contributed by atoms with van der Waals surface area (Å²) in [5, 5.41) is 0.812. The minimum atomic E-state index is -0.0130. The van der Waals surface area contributed by atoms with Gasteiger partial charge in [0.15, 0.2) is 0 Å². The Morgan fingerprint density at radius 2 is 2.00 bits per heavy atom. The number of amides is 1. The minimum Gasteiger partial charge on any atom is -0.486 e. The van der Waals surface area contributed by atoms with Crippen molar-refractivity contribution in [3.05, 3.63) is 45.9 Å². The van der Waals surface area contributed by atoms with Crippen LogP contribution >= 0.6 is 11.3 Å². The molecule has 0 unspecified atom stereocenters. The van der Waals surface area contributed by atoms with E-state index in [1.54, 1.807) is 19.0 Å². The Balaban J connectivity index is 2.06. The molecule has 2 aromatic rings. The van der Waals surface area contributed by atoms with E-state index in [-0.39, 0.29) is 5.91 Å². The lowest BCUT2D eigenvalue weighted by Gasteiger charge is -2.07. The number of nitrogens with zero attached hydrogens (tertiary/aromatic N) is 2. The Morgan fingerprint density at radius 1 is 1.32 bits per heavy atom. The van der Waals surface area contributed by atoms with E-state index in [9.17, 15) is 4.79 Å². The molecule has 0 fully saturated rings. The molecule has 0 spiro atoms. The second kappa shape index (κ2) is 5.84. The molecule has 1 aromatic carbocycles. The quantitative estimate of drug-likeness (QED) is 0.862. The predicted octanol–water partition coefficient (Wildman–Crippen LogP) is 2.73. The largest absolute Gasteiger partial charge is 0.486 e. The molecule has 0 bridgehead atoms. The molecule has 0 saturated heterocycles. The van der Waals surface area contributed by atoms with E-state index in [1.165, 1.54) is 11.3 Å². The smallest absolute Gasteiger partial charge is 0.265 e. The van der Waals surface area contributed by atoms with Crippen molar-refractivity contribution in [1.82, 2.24) is 9.88 Å². The van der Waals surface area contributed by atoms with Gasteiger partial charge in [-0.3, -0.25) is 4.79 Å². The molecule has 0 N–H and O–H groups in total. The number of hydrogen-bond donors (Lipinski definition) is 0. The van der Waals surface area contributed by atoms with E-state index < -0.39 is 0 Å². The van der Waals surface area contributed by atoms with Crippen LogP contribution in [-0.2, 0) is 6.61 Å². The molecule has 1 amide bonds. The summed E-state index contributed by atoms with van der Waals surface area (Å²) in [6.07, 6.45) is 0. The first-order valence-corrected chi connectivity index (χ1v) is 6.75. The van der Waals surface area contributed by atoms with Crippen molar-refractivity contribution >= 4 is 17.2 Å². The number of thiazole rings is 1. The molecule has 1 heterocycles. The van der Waals surface area contributed by atoms with Crippen LogP contribution in [-0.4, -0.2) is 29.9 Å². The maximum Gasteiger partial charge on any atom is 0.265 e. The summed E-state index contributed by atoms with van der Waals surface area (Å²) < 4.78 is 5.62. The summed E-state index contributed by atoms with van der Waals surface area (Å²) in [6.45, 7) is 2.23. The molecule has 4 nitrogen and oxygen atoms in total. The SMILES string of the molecule is Cc1nc(COc2ccccc2)sc1C(=O)N(C)C. The third kappa shape index (κ3) is 3.32. The summed E-state index contributed by atoms with van der Waals surface area (Å²) in [5.74, 6) is 0.789. The molecule has 0 aliphatic heterocycles. The normalized spacial score (nSPS) is 10.3. The van der Waals surface area contributed by atoms with E-state index in [4.69, 9.17) is 4.74 Å². The molecule has 0 radical (unpaired) electrons. The maximum atomic E-state index is 11.9. The van der Waals surface area contributed by atoms with Crippen LogP contribution in [0.2, 0.25) is 0 Å². The van der Waals surface area contributed by atoms with Gasteiger partial charge in [-0.1, -0.05) is 18.2 Å². The molecule has 0 aliphatic carbocycles. The molecule has 0 atom stereocenters. The highest BCUT2D eigenvalue weighted by atomic mass is 32.1. The Morgan fingerprint density at radius 3 is 2.63 bits per heavy atom. The first-order valence-electron chi connectivity index (χ1n) is 5.93. The molecule has 5 heteroatoms. The first-order chi connectivity index (χ1) is 9.08. The monoisotopic (exact) mass is 276 g/mol. The third-order valence-corrected chi connectivity index (χ3v) is 3.67. The van der Waals surface area contributed by atoms with Crippen LogP contribution in [0.4, 0.5) is 0 Å². The standard InChI is InChI=1S/C14H16N2O2S/c1-10-13(14(17)16(2)3)19-12(15-10)9-18-11-7-5-4-6-8-11/h4-8H,9H2,1-3H3. The van der Waals surface area contributed by atoms with Crippen LogP contribution in [0, 0.1) is 6.92 Å². The lowest BCUT2D eigenvalue weighted by molar-refractivity contribution is 0.0831. The summed E-state index contributed by atoms with van der Waals surface area (Å²) in [6, 6.07) is 9.57. The number of aromatic nitrogens is 1. The molecule has 100 valence electrons. The maximum absolute atomic E-state index is 11.9. The minimum absolute atomic E-state index is 0.0130. The fraction of sp³-hybridized carbons (Fsp3) is 0.286. The number of benzene rings is 1. The zero-order valence-electron chi connectivity index (χ0n) is 11.2. The number of rotatable bonds is 4. The van der Waals surface area contributed by atoms with Gasteiger partial charge in [-0.2, -0.15) is 0 Å². The number of carbonyl (C=O) groups is 1. The van der Waals surface area contributed by atoms with Crippen LogP contribution in [0.15, 0.2) is 30.3 Å². The molecule has 0 aliphatic rings. The fourth-order valence-corrected chi connectivity index (χ4v) is 2.58. The Kier molecular flexibility index (Phi) is 4.16. The van der Waals surface area contributed by atoms with Crippen LogP contribution in [0.1, 0.15) is 20.4 Å². The lowest BCUT2D eigenvalue weighted by Crippen LogP contribution is -2.21. The van der Waals surface area contributed by atoms with Gasteiger partial charge in [0.25, 0.3) is 5.91 Å². The number of para-hydroxylation sites is 1. The van der Waals surface area contributed by atoms with Gasteiger partial charge in [-0.15, -0.1) is 11.3 Å². The van der Waals surface area contributed by atoms with E-state index >= 15 is 0 Å². The number of ether oxygens (including phenoxy) is 1. The van der Waals surface area contributed by atoms with Gasteiger partial charge in [0.2, 0.25) is 0 Å². The van der Waals surface area contributed by atoms with Crippen LogP contribution < -0.4 is 4.74 Å². The van der Waals surface area contributed by atoms with Gasteiger partial charge < -0.3 is 9.64 Å². The van der Waals surface area contributed by atoms with Gasteiger partial charge in [-0.25, -0.2) is 4.98 Å². The summed E-state index contributed by atoms with van der Waals surface area (Å²) in [5.41, 5.74) is 0.760. The van der Waals surface area contributed by atoms with Gasteiger partial charge in [0.1, 0.15) is 22.2 Å². The Hall–Kier alpha value is -1.88. The van der Waals surface area contributed by atoms with Crippen LogP contribution in [0.5, 0.6) is 5.75 Å². The van der Waals surface area contributed by atoms with Crippen LogP contribution in [0.3, 0.4) is 0 Å². The van der Waals surface area contributed by atoms with E-state index in [0.717, 1.165) is 16.5 Å². The van der Waals surface area contributed by atoms with E-state index in [2.05, 4.69) is 4.98 Å². The molecule has 0 saturated carbocycles. The Bertz CT molecular complexity index is 564. The van der Waals surface area contributed by atoms with Gasteiger partial charge in [0.05, 0.1) is 5.69 Å². The zero-order chi connectivity index (χ0) is 13.8. The van der Waals surface area contributed by atoms with Crippen molar-refractivity contribution in [3.63, 3.8) is 0 Å². The van der Waals surface area contributed by atoms with Gasteiger partial charge in [0, 0.05) is 14.1 Å². The van der Waals surface area contributed by atoms with Crippen molar-refractivity contribution < 1.29 is 9.53 Å². The van der Waals surface area contributed by atoms with Crippen molar-refractivity contribution in [2.24, 2.45) is 0 Å². The first kappa shape index (κ1) is 13.5. The second-order valence-corrected chi connectivity index (χ2v) is 5.41. The molecular weight excluding hydrogens is 260 g/mol.